The first kappa shape index (κ1) is 26.1. The number of nitrogen functional groups attached to an aromatic ring is 1. The number of amides is 2. The number of nitrogens with two attached hydrogens (primary N) is 1. The Labute approximate surface area is 224 Å². The molecule has 0 spiro atoms. The number of methoxy groups -OCH3 is 2. The van der Waals surface area contributed by atoms with Crippen molar-refractivity contribution in [1.82, 2.24) is 20.3 Å². The van der Waals surface area contributed by atoms with Crippen molar-refractivity contribution < 1.29 is 14.3 Å². The fraction of sp³-hybridized carbons (Fsp3) is 0.200. The molecule has 10 nitrogen and oxygen atoms in total. The zero-order chi connectivity index (χ0) is 26.4. The van der Waals surface area contributed by atoms with Crippen molar-refractivity contribution in [3.05, 3.63) is 89.4 Å². The van der Waals surface area contributed by atoms with Crippen LogP contribution in [0, 0.1) is 0 Å². The van der Waals surface area contributed by atoms with E-state index in [2.05, 4.69) is 25.6 Å². The Morgan fingerprint density at radius 2 is 1.97 bits per heavy atom. The number of nitrogens with one attached hydrogen (secondary N) is 2. The Balaban J connectivity index is 1.65. The Morgan fingerprint density at radius 1 is 1.16 bits per heavy atom. The van der Waals surface area contributed by atoms with Crippen LogP contribution in [0.3, 0.4) is 0 Å². The number of benzene rings is 1. The number of hydrogen-bond donors (Lipinski definition) is 3. The molecule has 2 heterocycles. The van der Waals surface area contributed by atoms with E-state index in [0.29, 0.717) is 34.5 Å². The predicted molar refractivity (Wildman–Crippen MR) is 144 cm³/mol. The highest BCUT2D eigenvalue weighted by Crippen LogP contribution is 2.32. The number of rotatable bonds is 8. The van der Waals surface area contributed by atoms with Gasteiger partial charge in [0.25, 0.3) is 0 Å². The number of anilines is 4. The van der Waals surface area contributed by atoms with Crippen LogP contribution in [0.1, 0.15) is 5.56 Å². The average molecular weight is 542 g/mol. The second-order valence-corrected chi connectivity index (χ2v) is 8.79. The maximum Gasteiger partial charge on any atom is 0.323 e. The lowest BCUT2D eigenvalue weighted by Crippen LogP contribution is -2.50. The molecule has 0 bridgehead atoms. The zero-order valence-electron chi connectivity index (χ0n) is 20.1. The predicted octanol–water partition coefficient (Wildman–Crippen LogP) is 4.53. The lowest BCUT2D eigenvalue weighted by molar-refractivity contribution is 0.233. The Morgan fingerprint density at radius 3 is 2.68 bits per heavy atom. The van der Waals surface area contributed by atoms with E-state index in [-0.39, 0.29) is 11.6 Å². The highest BCUT2D eigenvalue weighted by Gasteiger charge is 2.36. The minimum atomic E-state index is -0.814. The van der Waals surface area contributed by atoms with Crippen LogP contribution in [-0.2, 0) is 16.0 Å². The van der Waals surface area contributed by atoms with Gasteiger partial charge in [-0.1, -0.05) is 29.8 Å². The molecule has 2 unspecified atom stereocenters. The van der Waals surface area contributed by atoms with Crippen molar-refractivity contribution in [2.45, 2.75) is 18.0 Å². The van der Waals surface area contributed by atoms with Crippen LogP contribution in [0.15, 0.2) is 83.8 Å². The van der Waals surface area contributed by atoms with Gasteiger partial charge in [-0.15, -0.1) is 11.6 Å². The molecule has 0 saturated carbocycles. The summed E-state index contributed by atoms with van der Waals surface area (Å²) in [5.74, 6) is 1.52. The molecule has 1 aliphatic rings. The molecular weight excluding hydrogens is 517 g/mol. The van der Waals surface area contributed by atoms with Crippen molar-refractivity contribution >= 4 is 52.2 Å². The van der Waals surface area contributed by atoms with E-state index in [1.807, 2.05) is 24.3 Å². The molecule has 4 rings (SSSR count). The molecule has 3 aromatic rings. The van der Waals surface area contributed by atoms with Crippen LogP contribution in [0.4, 0.5) is 27.8 Å². The number of allylic oxidation sites excluding steroid dienone is 1. The molecule has 2 aromatic heterocycles. The topological polar surface area (TPSA) is 128 Å². The standard InChI is InChI=1S/C25H25Cl2N7O3/c1-36-18-10-19(37-2)23(27)24(22(18)26)33-25(35)34(13-15-6-5-9-29-12-15)21-11-20(30-14-31-21)32-17-8-4-3-7-16(17)28/h3-12,14,22,24H,13,28H2,1-2H3,(H,33,35)(H,30,31,32). The van der Waals surface area contributed by atoms with Crippen LogP contribution in [0.5, 0.6) is 0 Å². The number of ether oxygens (including phenoxy) is 2. The number of hydrogen-bond acceptors (Lipinski definition) is 8. The number of urea groups is 1. The van der Waals surface area contributed by atoms with Gasteiger partial charge in [-0.25, -0.2) is 14.8 Å². The highest BCUT2D eigenvalue weighted by molar-refractivity contribution is 6.33. The van der Waals surface area contributed by atoms with E-state index in [0.717, 1.165) is 5.56 Å². The maximum atomic E-state index is 13.7. The SMILES string of the molecule is COC1=CC(OC)=C(Cl)C(NC(=O)N(Cc2cccnc2)c2cc(Nc3ccccc3N)ncn2)C1Cl. The Hall–Kier alpha value is -4.02. The van der Waals surface area contributed by atoms with Gasteiger partial charge in [-0.3, -0.25) is 9.88 Å². The van der Waals surface area contributed by atoms with Gasteiger partial charge in [0.1, 0.15) is 34.9 Å². The summed E-state index contributed by atoms with van der Waals surface area (Å²) in [5, 5.41) is 5.52. The fourth-order valence-corrected chi connectivity index (χ4v) is 4.36. The first-order valence-electron chi connectivity index (χ1n) is 11.1. The number of carbonyl (C=O) groups excluding carboxylic acids is 1. The molecule has 37 heavy (non-hydrogen) atoms. The number of para-hydroxylation sites is 2. The van der Waals surface area contributed by atoms with Crippen LogP contribution in [0.25, 0.3) is 0 Å². The van der Waals surface area contributed by atoms with E-state index >= 15 is 0 Å². The summed E-state index contributed by atoms with van der Waals surface area (Å²) in [6.07, 6.45) is 6.26. The molecule has 0 radical (unpaired) electrons. The summed E-state index contributed by atoms with van der Waals surface area (Å²) in [7, 11) is 2.95. The van der Waals surface area contributed by atoms with Gasteiger partial charge in [0.2, 0.25) is 0 Å². The lowest BCUT2D eigenvalue weighted by atomic mass is 10.0. The number of halogens is 2. The second-order valence-electron chi connectivity index (χ2n) is 7.92. The van der Waals surface area contributed by atoms with Crippen LogP contribution >= 0.6 is 23.2 Å². The Kier molecular flexibility index (Phi) is 8.32. The van der Waals surface area contributed by atoms with Crippen molar-refractivity contribution in [2.75, 3.05) is 30.2 Å². The first-order valence-corrected chi connectivity index (χ1v) is 12.0. The van der Waals surface area contributed by atoms with Gasteiger partial charge >= 0.3 is 6.03 Å². The van der Waals surface area contributed by atoms with E-state index in [1.165, 1.54) is 25.4 Å². The molecule has 192 valence electrons. The molecule has 1 aromatic carbocycles. The van der Waals surface area contributed by atoms with Gasteiger partial charge in [-0.05, 0) is 23.8 Å². The Bertz CT molecular complexity index is 1320. The van der Waals surface area contributed by atoms with Crippen LogP contribution in [-0.4, -0.2) is 46.6 Å². The molecule has 2 amide bonds. The molecule has 1 aliphatic carbocycles. The summed E-state index contributed by atoms with van der Waals surface area (Å²) in [6.45, 7) is 0.161. The van der Waals surface area contributed by atoms with Gasteiger partial charge in [0.15, 0.2) is 0 Å². The number of nitrogens with zero attached hydrogens (tertiary/aromatic N) is 4. The third kappa shape index (κ3) is 6.04. The van der Waals surface area contributed by atoms with Crippen LogP contribution in [0.2, 0.25) is 0 Å². The molecule has 4 N–H and O–H groups in total. The van der Waals surface area contributed by atoms with E-state index in [4.69, 9.17) is 38.4 Å². The fourth-order valence-electron chi connectivity index (χ4n) is 3.64. The molecule has 2 atom stereocenters. The molecule has 0 saturated heterocycles. The van der Waals surface area contributed by atoms with Crippen molar-refractivity contribution in [3.63, 3.8) is 0 Å². The van der Waals surface area contributed by atoms with Crippen molar-refractivity contribution in [1.29, 1.82) is 0 Å². The van der Waals surface area contributed by atoms with Gasteiger partial charge in [-0.2, -0.15) is 0 Å². The summed E-state index contributed by atoms with van der Waals surface area (Å²) < 4.78 is 10.7. The summed E-state index contributed by atoms with van der Waals surface area (Å²) >= 11 is 13.1. The number of aromatic nitrogens is 3. The van der Waals surface area contributed by atoms with E-state index < -0.39 is 17.5 Å². The summed E-state index contributed by atoms with van der Waals surface area (Å²) in [4.78, 5) is 27.9. The summed E-state index contributed by atoms with van der Waals surface area (Å²) in [6, 6.07) is 11.2. The first-order chi connectivity index (χ1) is 17.9. The molecular formula is C25H25Cl2N7O3. The van der Waals surface area contributed by atoms with Gasteiger partial charge < -0.3 is 25.8 Å². The normalized spacial score (nSPS) is 17.0. The van der Waals surface area contributed by atoms with Gasteiger partial charge in [0.05, 0.1) is 43.2 Å². The quantitative estimate of drug-likeness (QED) is 0.280. The van der Waals surface area contributed by atoms with E-state index in [1.54, 1.807) is 36.7 Å². The second kappa shape index (κ2) is 11.8. The minimum absolute atomic E-state index is 0.161. The van der Waals surface area contributed by atoms with Gasteiger partial charge in [0, 0.05) is 24.5 Å². The van der Waals surface area contributed by atoms with Crippen LogP contribution < -0.4 is 21.3 Å². The third-order valence-electron chi connectivity index (χ3n) is 5.54. The monoisotopic (exact) mass is 541 g/mol. The molecule has 12 heteroatoms. The average Bonchev–Trinajstić information content (AvgIpc) is 2.92. The third-order valence-corrected chi connectivity index (χ3v) is 6.43. The van der Waals surface area contributed by atoms with E-state index in [9.17, 15) is 4.79 Å². The van der Waals surface area contributed by atoms with Crippen molar-refractivity contribution in [3.8, 4) is 0 Å². The smallest absolute Gasteiger partial charge is 0.323 e. The maximum absolute atomic E-state index is 13.7. The number of pyridine rings is 1. The molecule has 0 aliphatic heterocycles. The number of alkyl halides is 1. The lowest BCUT2D eigenvalue weighted by Gasteiger charge is -2.31. The summed E-state index contributed by atoms with van der Waals surface area (Å²) in [5.41, 5.74) is 8.05. The highest BCUT2D eigenvalue weighted by atomic mass is 35.5. The minimum Gasteiger partial charge on any atom is -0.499 e. The number of carbonyl (C=O) groups is 1. The van der Waals surface area contributed by atoms with Crippen molar-refractivity contribution in [2.24, 2.45) is 0 Å². The molecule has 0 fully saturated rings. The zero-order valence-corrected chi connectivity index (χ0v) is 21.6. The largest absolute Gasteiger partial charge is 0.499 e.